The van der Waals surface area contributed by atoms with E-state index in [1.54, 1.807) is 0 Å². The van der Waals surface area contributed by atoms with Gasteiger partial charge in [-0.25, -0.2) is 4.98 Å². The molecule has 0 N–H and O–H groups in total. The first-order valence-corrected chi connectivity index (χ1v) is 18.5. The van der Waals surface area contributed by atoms with Crippen LogP contribution < -0.4 is 4.74 Å². The van der Waals surface area contributed by atoms with E-state index in [1.807, 2.05) is 16.9 Å². The Morgan fingerprint density at radius 1 is 0.774 bits per heavy atom. The molecule has 3 aromatic heterocycles. The molecular weight excluding hydrogens is 832 g/mol. The molecule has 0 fully saturated rings. The zero-order valence-electron chi connectivity index (χ0n) is 32.9. The summed E-state index contributed by atoms with van der Waals surface area (Å²) in [6, 6.07) is 33.1. The van der Waals surface area contributed by atoms with Crippen molar-refractivity contribution in [3.8, 4) is 34.1 Å². The van der Waals surface area contributed by atoms with E-state index in [9.17, 15) is 0 Å². The Morgan fingerprint density at radius 3 is 2.17 bits per heavy atom. The van der Waals surface area contributed by atoms with Crippen molar-refractivity contribution in [1.29, 1.82) is 0 Å². The van der Waals surface area contributed by atoms with Gasteiger partial charge in [-0.2, -0.15) is 11.2 Å². The van der Waals surface area contributed by atoms with Crippen molar-refractivity contribution >= 4 is 21.8 Å². The summed E-state index contributed by atoms with van der Waals surface area (Å²) in [5.74, 6) is 2.97. The number of aromatic nitrogens is 4. The van der Waals surface area contributed by atoms with E-state index in [0.717, 1.165) is 56.7 Å². The van der Waals surface area contributed by atoms with Crippen molar-refractivity contribution in [1.82, 2.24) is 19.3 Å². The predicted octanol–water partition coefficient (Wildman–Crippen LogP) is 12.3. The normalized spacial score (nSPS) is 11.9. The van der Waals surface area contributed by atoms with Gasteiger partial charge in [0.2, 0.25) is 0 Å². The van der Waals surface area contributed by atoms with E-state index in [0.29, 0.717) is 17.4 Å². The summed E-state index contributed by atoms with van der Waals surface area (Å²) in [5, 5.41) is 7.37. The van der Waals surface area contributed by atoms with Gasteiger partial charge in [-0.1, -0.05) is 84.3 Å². The summed E-state index contributed by atoms with van der Waals surface area (Å²) in [6.07, 6.45) is 2.91. The number of pyridine rings is 1. The Bertz CT molecular complexity index is 2430. The van der Waals surface area contributed by atoms with E-state index in [1.165, 1.54) is 33.4 Å². The third-order valence-electron chi connectivity index (χ3n) is 10.1. The molecule has 0 spiro atoms. The van der Waals surface area contributed by atoms with Gasteiger partial charge in [0.1, 0.15) is 5.82 Å². The Hall–Kier alpha value is -4.47. The van der Waals surface area contributed by atoms with Gasteiger partial charge >= 0.3 is 21.1 Å². The number of benzene rings is 4. The second-order valence-electron chi connectivity index (χ2n) is 16.2. The summed E-state index contributed by atoms with van der Waals surface area (Å²) < 4.78 is 10.9. The van der Waals surface area contributed by atoms with E-state index < -0.39 is 0 Å². The molecule has 0 saturated carbocycles. The summed E-state index contributed by atoms with van der Waals surface area (Å²) in [5.41, 5.74) is 13.8. The van der Waals surface area contributed by atoms with E-state index in [4.69, 9.17) is 14.8 Å². The third-order valence-corrected chi connectivity index (χ3v) is 10.1. The molecule has 53 heavy (non-hydrogen) atoms. The fraction of sp³-hybridized carbons (Fsp3) is 0.319. The predicted molar refractivity (Wildman–Crippen MR) is 216 cm³/mol. The zero-order chi connectivity index (χ0) is 37.1. The second kappa shape index (κ2) is 14.7. The van der Waals surface area contributed by atoms with Crippen LogP contribution in [0.5, 0.6) is 11.5 Å². The summed E-state index contributed by atoms with van der Waals surface area (Å²) in [4.78, 5) is 4.83. The van der Waals surface area contributed by atoms with Gasteiger partial charge in [-0.05, 0) is 108 Å². The standard InChI is InChI=1S/C47H50N4O.Pt/c1-28(2)20-34-18-19-48-44(23-34)50-42-15-13-12-14-40(42)41-17-16-38(27-43(41)50)52-39-25-35(29(3)4)24-37(26-39)51-33(8)46(32(7)49-51)45-30(5)21-36(22-31(45)6)47(9,10)11;/h12-19,21-25,28-29H,20H2,1-11H3;/q-2;+2. The molecular formula is C47H50N4OPt. The molecule has 3 heterocycles. The van der Waals surface area contributed by atoms with Gasteiger partial charge in [0.15, 0.2) is 0 Å². The van der Waals surface area contributed by atoms with Crippen LogP contribution in [0.15, 0.2) is 79.0 Å². The summed E-state index contributed by atoms with van der Waals surface area (Å²) >= 11 is 0. The quantitative estimate of drug-likeness (QED) is 0.143. The minimum absolute atomic E-state index is 0. The zero-order valence-corrected chi connectivity index (χ0v) is 35.2. The molecule has 0 saturated heterocycles. The van der Waals surface area contributed by atoms with Gasteiger partial charge in [-0.15, -0.1) is 41.3 Å². The molecule has 0 radical (unpaired) electrons. The van der Waals surface area contributed by atoms with Crippen LogP contribution in [0.25, 0.3) is 44.4 Å². The smallest absolute Gasteiger partial charge is 0.509 e. The fourth-order valence-corrected chi connectivity index (χ4v) is 7.55. The Kier molecular flexibility index (Phi) is 10.6. The van der Waals surface area contributed by atoms with E-state index in [2.05, 4.69) is 160 Å². The third kappa shape index (κ3) is 7.38. The van der Waals surface area contributed by atoms with Gasteiger partial charge in [0, 0.05) is 34.5 Å². The molecule has 0 aliphatic rings. The number of fused-ring (bicyclic) bond motifs is 3. The number of para-hydroxylation sites is 1. The molecule has 4 aromatic carbocycles. The molecule has 0 bridgehead atoms. The van der Waals surface area contributed by atoms with Gasteiger partial charge in [0.05, 0.1) is 5.69 Å². The Balaban J connectivity index is 0.00000481. The SMILES string of the molecule is Cc1cc(C(C)(C)C)cc(C)c1-c1c(C)nn(-c2[c-]c(Oc3[c-]c4c(cc3)c3ccccc3n4-c3cc(CC(C)C)ccn3)cc(C(C)C)c2)c1C.[Pt+2]. The molecule has 0 unspecified atom stereocenters. The molecule has 7 rings (SSSR count). The van der Waals surface area contributed by atoms with Gasteiger partial charge in [0.25, 0.3) is 0 Å². The van der Waals surface area contributed by atoms with E-state index in [-0.39, 0.29) is 32.4 Å². The second-order valence-corrected chi connectivity index (χ2v) is 16.2. The Labute approximate surface area is 329 Å². The van der Waals surface area contributed by atoms with Crippen molar-refractivity contribution < 1.29 is 25.8 Å². The van der Waals surface area contributed by atoms with Crippen molar-refractivity contribution in [2.24, 2.45) is 5.92 Å². The minimum atomic E-state index is 0. The topological polar surface area (TPSA) is 44.9 Å². The average Bonchev–Trinajstić information content (AvgIpc) is 3.56. The van der Waals surface area contributed by atoms with Gasteiger partial charge in [-0.3, -0.25) is 4.68 Å². The maximum absolute atomic E-state index is 6.66. The largest absolute Gasteiger partial charge is 2.00 e. The number of hydrogen-bond acceptors (Lipinski definition) is 3. The van der Waals surface area contributed by atoms with Crippen LogP contribution in [0.2, 0.25) is 0 Å². The first-order chi connectivity index (χ1) is 24.7. The monoisotopic (exact) mass is 881 g/mol. The molecule has 0 aliphatic heterocycles. The number of hydrogen-bond donors (Lipinski definition) is 0. The van der Waals surface area contributed by atoms with E-state index >= 15 is 0 Å². The first-order valence-electron chi connectivity index (χ1n) is 18.5. The Morgan fingerprint density at radius 2 is 1.49 bits per heavy atom. The van der Waals surface area contributed by atoms with Crippen molar-refractivity contribution in [3.05, 3.63) is 130 Å². The summed E-state index contributed by atoms with van der Waals surface area (Å²) in [7, 11) is 0. The maximum atomic E-state index is 6.66. The number of nitrogens with zero attached hydrogens (tertiary/aromatic N) is 4. The number of ether oxygens (including phenoxy) is 1. The van der Waals surface area contributed by atoms with Crippen LogP contribution in [-0.4, -0.2) is 19.3 Å². The maximum Gasteiger partial charge on any atom is 2.00 e. The minimum Gasteiger partial charge on any atom is -0.509 e. The van der Waals surface area contributed by atoms with Crippen molar-refractivity contribution in [2.75, 3.05) is 0 Å². The molecule has 0 aliphatic carbocycles. The van der Waals surface area contributed by atoms with Crippen LogP contribution in [0.3, 0.4) is 0 Å². The first kappa shape index (κ1) is 38.3. The fourth-order valence-electron chi connectivity index (χ4n) is 7.55. The van der Waals surface area contributed by atoms with Crippen LogP contribution in [0.1, 0.15) is 93.6 Å². The van der Waals surface area contributed by atoms with Gasteiger partial charge < -0.3 is 9.30 Å². The molecule has 274 valence electrons. The van der Waals surface area contributed by atoms with Crippen LogP contribution in [-0.2, 0) is 32.9 Å². The molecule has 0 atom stereocenters. The number of rotatable bonds is 8. The van der Waals surface area contributed by atoms with Crippen LogP contribution in [0.4, 0.5) is 0 Å². The van der Waals surface area contributed by atoms with Crippen LogP contribution in [0, 0.1) is 45.7 Å². The molecule has 5 nitrogen and oxygen atoms in total. The van der Waals surface area contributed by atoms with Crippen LogP contribution >= 0.6 is 0 Å². The van der Waals surface area contributed by atoms with Crippen molar-refractivity contribution in [3.63, 3.8) is 0 Å². The molecule has 6 heteroatoms. The number of aryl methyl sites for hydroxylation is 3. The average molecular weight is 882 g/mol. The molecule has 0 amide bonds. The molecule has 7 aromatic rings. The van der Waals surface area contributed by atoms with Crippen molar-refractivity contribution in [2.45, 2.75) is 93.9 Å². The summed E-state index contributed by atoms with van der Waals surface area (Å²) in [6.45, 7) is 24.4.